The molecule has 3 nitrogen and oxygen atoms in total. The summed E-state index contributed by atoms with van der Waals surface area (Å²) in [6, 6.07) is 8.08. The monoisotopic (exact) mass is 216 g/mol. The van der Waals surface area contributed by atoms with E-state index in [9.17, 15) is 0 Å². The minimum Gasteiger partial charge on any atom is -0.494 e. The number of nitrogens with zero attached hydrogens (tertiary/aromatic N) is 1. The van der Waals surface area contributed by atoms with E-state index >= 15 is 0 Å². The minimum absolute atomic E-state index is 0.683. The number of hydrogen-bond donors (Lipinski definition) is 1. The fourth-order valence-electron chi connectivity index (χ4n) is 1.71. The Morgan fingerprint density at radius 2 is 2.12 bits per heavy atom. The van der Waals surface area contributed by atoms with E-state index in [0.29, 0.717) is 6.61 Å². The third-order valence-corrected chi connectivity index (χ3v) is 2.39. The van der Waals surface area contributed by atoms with Gasteiger partial charge in [0.05, 0.1) is 6.61 Å². The van der Waals surface area contributed by atoms with Crippen LogP contribution in [0.3, 0.4) is 0 Å². The zero-order valence-electron chi connectivity index (χ0n) is 9.66. The van der Waals surface area contributed by atoms with Crippen LogP contribution in [0.1, 0.15) is 13.8 Å². The molecule has 0 amide bonds. The number of hydrogen-bond acceptors (Lipinski definition) is 3. The Kier molecular flexibility index (Phi) is 3.25. The first kappa shape index (κ1) is 10.7. The molecule has 0 aliphatic rings. The van der Waals surface area contributed by atoms with E-state index < -0.39 is 0 Å². The largest absolute Gasteiger partial charge is 0.494 e. The van der Waals surface area contributed by atoms with Crippen molar-refractivity contribution < 1.29 is 4.74 Å². The van der Waals surface area contributed by atoms with Crippen LogP contribution in [0, 0.1) is 0 Å². The van der Waals surface area contributed by atoms with Crippen LogP contribution in [0.2, 0.25) is 0 Å². The van der Waals surface area contributed by atoms with Crippen molar-refractivity contribution in [1.82, 2.24) is 4.98 Å². The average Bonchev–Trinajstić information content (AvgIpc) is 2.31. The van der Waals surface area contributed by atoms with Gasteiger partial charge in [0.1, 0.15) is 11.6 Å². The summed E-state index contributed by atoms with van der Waals surface area (Å²) in [5.74, 6) is 1.81. The van der Waals surface area contributed by atoms with Crippen molar-refractivity contribution in [2.45, 2.75) is 13.8 Å². The quantitative estimate of drug-likeness (QED) is 0.852. The lowest BCUT2D eigenvalue weighted by atomic mass is 10.1. The van der Waals surface area contributed by atoms with Crippen LogP contribution in [-0.4, -0.2) is 18.1 Å². The molecule has 0 saturated heterocycles. The predicted molar refractivity (Wildman–Crippen MR) is 67.1 cm³/mol. The summed E-state index contributed by atoms with van der Waals surface area (Å²) in [6.07, 6.45) is 1.82. The van der Waals surface area contributed by atoms with Crippen molar-refractivity contribution in [3.05, 3.63) is 30.5 Å². The smallest absolute Gasteiger partial charge is 0.133 e. The van der Waals surface area contributed by atoms with Crippen molar-refractivity contribution in [1.29, 1.82) is 0 Å². The van der Waals surface area contributed by atoms with Crippen LogP contribution in [-0.2, 0) is 0 Å². The summed E-state index contributed by atoms with van der Waals surface area (Å²) in [5.41, 5.74) is 0. The van der Waals surface area contributed by atoms with Gasteiger partial charge >= 0.3 is 0 Å². The third-order valence-electron chi connectivity index (χ3n) is 2.39. The van der Waals surface area contributed by atoms with Crippen LogP contribution in [0.5, 0.6) is 5.75 Å². The maximum atomic E-state index is 5.49. The maximum absolute atomic E-state index is 5.49. The molecule has 2 rings (SSSR count). The van der Waals surface area contributed by atoms with Gasteiger partial charge in [-0.2, -0.15) is 0 Å². The summed E-state index contributed by atoms with van der Waals surface area (Å²) in [6.45, 7) is 5.60. The SMILES string of the molecule is CCNc1nccc2ccc(OCC)cc12. The van der Waals surface area contributed by atoms with Gasteiger partial charge in [0.15, 0.2) is 0 Å². The van der Waals surface area contributed by atoms with Crippen LogP contribution >= 0.6 is 0 Å². The number of rotatable bonds is 4. The number of aromatic nitrogens is 1. The summed E-state index contributed by atoms with van der Waals surface area (Å²) >= 11 is 0. The fourth-order valence-corrected chi connectivity index (χ4v) is 1.71. The lowest BCUT2D eigenvalue weighted by molar-refractivity contribution is 0.341. The first-order valence-corrected chi connectivity index (χ1v) is 5.60. The molecule has 1 aromatic heterocycles. The molecule has 1 N–H and O–H groups in total. The third kappa shape index (κ3) is 2.08. The molecule has 84 valence electrons. The second-order valence-electron chi connectivity index (χ2n) is 3.51. The van der Waals surface area contributed by atoms with Gasteiger partial charge in [-0.1, -0.05) is 6.07 Å². The van der Waals surface area contributed by atoms with E-state index in [1.165, 1.54) is 5.39 Å². The van der Waals surface area contributed by atoms with E-state index in [1.807, 2.05) is 31.3 Å². The molecule has 0 saturated carbocycles. The van der Waals surface area contributed by atoms with Crippen molar-refractivity contribution >= 4 is 16.6 Å². The maximum Gasteiger partial charge on any atom is 0.133 e. The van der Waals surface area contributed by atoms with Gasteiger partial charge in [-0.3, -0.25) is 0 Å². The van der Waals surface area contributed by atoms with E-state index in [0.717, 1.165) is 23.5 Å². The van der Waals surface area contributed by atoms with Crippen molar-refractivity contribution in [2.75, 3.05) is 18.5 Å². The number of pyridine rings is 1. The number of benzene rings is 1. The van der Waals surface area contributed by atoms with Crippen LogP contribution in [0.4, 0.5) is 5.82 Å². The highest BCUT2D eigenvalue weighted by molar-refractivity contribution is 5.92. The number of ether oxygens (including phenoxy) is 1. The second kappa shape index (κ2) is 4.84. The topological polar surface area (TPSA) is 34.2 Å². The molecular formula is C13H16N2O. The Morgan fingerprint density at radius 1 is 1.25 bits per heavy atom. The molecule has 1 aromatic carbocycles. The molecule has 16 heavy (non-hydrogen) atoms. The lowest BCUT2D eigenvalue weighted by Gasteiger charge is -2.08. The molecule has 0 radical (unpaired) electrons. The van der Waals surface area contributed by atoms with Gasteiger partial charge in [-0.15, -0.1) is 0 Å². The lowest BCUT2D eigenvalue weighted by Crippen LogP contribution is -2.00. The normalized spacial score (nSPS) is 10.4. The van der Waals surface area contributed by atoms with E-state index in [4.69, 9.17) is 4.74 Å². The molecule has 3 heteroatoms. The van der Waals surface area contributed by atoms with Gasteiger partial charge in [0, 0.05) is 18.1 Å². The number of fused-ring (bicyclic) bond motifs is 1. The molecule has 1 heterocycles. The molecular weight excluding hydrogens is 200 g/mol. The molecule has 0 spiro atoms. The zero-order valence-corrected chi connectivity index (χ0v) is 9.66. The van der Waals surface area contributed by atoms with E-state index in [-0.39, 0.29) is 0 Å². The van der Waals surface area contributed by atoms with Crippen molar-refractivity contribution in [3.63, 3.8) is 0 Å². The predicted octanol–water partition coefficient (Wildman–Crippen LogP) is 3.07. The summed E-state index contributed by atoms with van der Waals surface area (Å²) in [7, 11) is 0. The molecule has 0 fully saturated rings. The second-order valence-corrected chi connectivity index (χ2v) is 3.51. The summed E-state index contributed by atoms with van der Waals surface area (Å²) in [4.78, 5) is 4.33. The number of anilines is 1. The van der Waals surface area contributed by atoms with Gasteiger partial charge < -0.3 is 10.1 Å². The van der Waals surface area contributed by atoms with Gasteiger partial charge in [-0.05, 0) is 37.4 Å². The summed E-state index contributed by atoms with van der Waals surface area (Å²) < 4.78 is 5.49. The Labute approximate surface area is 95.5 Å². The molecule has 0 bridgehead atoms. The minimum atomic E-state index is 0.683. The number of nitrogens with one attached hydrogen (secondary N) is 1. The highest BCUT2D eigenvalue weighted by Gasteiger charge is 2.02. The zero-order chi connectivity index (χ0) is 11.4. The highest BCUT2D eigenvalue weighted by Crippen LogP contribution is 2.25. The fraction of sp³-hybridized carbons (Fsp3) is 0.308. The van der Waals surface area contributed by atoms with Crippen LogP contribution < -0.4 is 10.1 Å². The molecule has 0 aliphatic heterocycles. The molecule has 0 atom stereocenters. The summed E-state index contributed by atoms with van der Waals surface area (Å²) in [5, 5.41) is 5.54. The Hall–Kier alpha value is -1.77. The molecule has 2 aromatic rings. The Balaban J connectivity index is 2.50. The first-order chi connectivity index (χ1) is 7.85. The average molecular weight is 216 g/mol. The van der Waals surface area contributed by atoms with Gasteiger partial charge in [0.2, 0.25) is 0 Å². The Bertz CT molecular complexity index is 482. The molecule has 0 aliphatic carbocycles. The van der Waals surface area contributed by atoms with Crippen molar-refractivity contribution in [3.8, 4) is 5.75 Å². The van der Waals surface area contributed by atoms with Crippen LogP contribution in [0.25, 0.3) is 10.8 Å². The van der Waals surface area contributed by atoms with Crippen LogP contribution in [0.15, 0.2) is 30.5 Å². The first-order valence-electron chi connectivity index (χ1n) is 5.60. The standard InChI is InChI=1S/C13H16N2O/c1-3-14-13-12-9-11(16-4-2)6-5-10(12)7-8-15-13/h5-9H,3-4H2,1-2H3,(H,14,15). The highest BCUT2D eigenvalue weighted by atomic mass is 16.5. The van der Waals surface area contributed by atoms with E-state index in [1.54, 1.807) is 0 Å². The van der Waals surface area contributed by atoms with Gasteiger partial charge in [0.25, 0.3) is 0 Å². The van der Waals surface area contributed by atoms with Crippen molar-refractivity contribution in [2.24, 2.45) is 0 Å². The van der Waals surface area contributed by atoms with Gasteiger partial charge in [-0.25, -0.2) is 4.98 Å². The molecule has 0 unspecified atom stereocenters. The Morgan fingerprint density at radius 3 is 2.88 bits per heavy atom. The van der Waals surface area contributed by atoms with E-state index in [2.05, 4.69) is 23.3 Å².